The lowest BCUT2D eigenvalue weighted by Crippen LogP contribution is -2.25. The van der Waals surface area contributed by atoms with Gasteiger partial charge in [0.1, 0.15) is 5.04 Å². The van der Waals surface area contributed by atoms with Crippen molar-refractivity contribution in [1.82, 2.24) is 5.01 Å². The van der Waals surface area contributed by atoms with Crippen molar-refractivity contribution < 1.29 is 4.79 Å². The molecule has 0 saturated heterocycles. The average molecular weight is 245 g/mol. The molecular weight excluding hydrogens is 234 g/mol. The molecule has 86 valence electrons. The van der Waals surface area contributed by atoms with Crippen molar-refractivity contribution in [3.63, 3.8) is 0 Å². The molecule has 0 spiro atoms. The maximum absolute atomic E-state index is 11.8. The second-order valence-corrected chi connectivity index (χ2v) is 4.80. The molecule has 0 unspecified atom stereocenters. The summed E-state index contributed by atoms with van der Waals surface area (Å²) in [5, 5.41) is 7.36. The van der Waals surface area contributed by atoms with Gasteiger partial charge in [-0.2, -0.15) is 10.1 Å². The quantitative estimate of drug-likeness (QED) is 0.760. The third-order valence-corrected chi connectivity index (χ3v) is 3.61. The predicted octanol–water partition coefficient (Wildman–Crippen LogP) is 2.07. The molecule has 2 aliphatic rings. The zero-order valence-corrected chi connectivity index (χ0v) is 9.98. The first kappa shape index (κ1) is 10.5. The molecule has 0 N–H and O–H groups in total. The van der Waals surface area contributed by atoms with Gasteiger partial charge in [0.25, 0.3) is 0 Å². The number of benzene rings is 1. The van der Waals surface area contributed by atoms with Crippen molar-refractivity contribution in [1.29, 1.82) is 0 Å². The summed E-state index contributed by atoms with van der Waals surface area (Å²) in [5.74, 6) is 0.0414. The number of carbonyl (C=O) groups is 1. The van der Waals surface area contributed by atoms with Crippen molar-refractivity contribution in [2.75, 3.05) is 6.54 Å². The van der Waals surface area contributed by atoms with Gasteiger partial charge in [-0.05, 0) is 18.2 Å². The minimum atomic E-state index is 0.0414. The molecule has 4 nitrogen and oxygen atoms in total. The van der Waals surface area contributed by atoms with E-state index >= 15 is 0 Å². The second kappa shape index (κ2) is 4.33. The predicted molar refractivity (Wildman–Crippen MR) is 69.0 cm³/mol. The molecule has 0 fully saturated rings. The van der Waals surface area contributed by atoms with Gasteiger partial charge in [0.15, 0.2) is 5.17 Å². The number of hydrogen-bond acceptors (Lipinski definition) is 4. The van der Waals surface area contributed by atoms with Crippen LogP contribution in [-0.2, 0) is 4.79 Å². The number of hydrazone groups is 1. The summed E-state index contributed by atoms with van der Waals surface area (Å²) < 4.78 is 0. The van der Waals surface area contributed by atoms with Gasteiger partial charge in [0.05, 0.1) is 0 Å². The van der Waals surface area contributed by atoms with E-state index in [0.29, 0.717) is 18.1 Å². The van der Waals surface area contributed by atoms with E-state index in [2.05, 4.69) is 10.1 Å². The normalized spacial score (nSPS) is 19.5. The molecule has 0 bridgehead atoms. The van der Waals surface area contributed by atoms with Gasteiger partial charge in [0.2, 0.25) is 5.91 Å². The third-order valence-electron chi connectivity index (χ3n) is 2.61. The first-order chi connectivity index (χ1) is 8.34. The van der Waals surface area contributed by atoms with Gasteiger partial charge in [-0.15, -0.1) is 0 Å². The molecule has 5 heteroatoms. The SMILES string of the molecule is O=C1CCCN=C2SC(c3ccccc3)=NN12. The van der Waals surface area contributed by atoms with E-state index in [1.54, 1.807) is 0 Å². The van der Waals surface area contributed by atoms with Crippen LogP contribution in [0.3, 0.4) is 0 Å². The fourth-order valence-electron chi connectivity index (χ4n) is 1.75. The molecule has 0 saturated carbocycles. The molecule has 1 aromatic carbocycles. The lowest BCUT2D eigenvalue weighted by molar-refractivity contribution is -0.127. The van der Waals surface area contributed by atoms with Gasteiger partial charge in [-0.1, -0.05) is 30.3 Å². The zero-order valence-electron chi connectivity index (χ0n) is 9.17. The highest BCUT2D eigenvalue weighted by molar-refractivity contribution is 8.27. The molecular formula is C12H11N3OS. The van der Waals surface area contributed by atoms with Gasteiger partial charge in [-0.3, -0.25) is 9.79 Å². The molecule has 0 radical (unpaired) electrons. The first-order valence-corrected chi connectivity index (χ1v) is 6.35. The van der Waals surface area contributed by atoms with Crippen LogP contribution in [0.25, 0.3) is 0 Å². The van der Waals surface area contributed by atoms with Crippen LogP contribution in [-0.4, -0.2) is 27.7 Å². The lowest BCUT2D eigenvalue weighted by Gasteiger charge is -2.07. The maximum Gasteiger partial charge on any atom is 0.249 e. The van der Waals surface area contributed by atoms with Crippen molar-refractivity contribution in [3.05, 3.63) is 35.9 Å². The molecule has 0 atom stereocenters. The smallest absolute Gasteiger partial charge is 0.249 e. The van der Waals surface area contributed by atoms with E-state index in [4.69, 9.17) is 0 Å². The lowest BCUT2D eigenvalue weighted by atomic mass is 10.2. The van der Waals surface area contributed by atoms with Crippen LogP contribution in [0.4, 0.5) is 0 Å². The summed E-state index contributed by atoms with van der Waals surface area (Å²) in [4.78, 5) is 16.2. The largest absolute Gasteiger partial charge is 0.272 e. The Kier molecular flexibility index (Phi) is 2.68. The summed E-state index contributed by atoms with van der Waals surface area (Å²) in [6, 6.07) is 9.87. The van der Waals surface area contributed by atoms with E-state index < -0.39 is 0 Å². The number of amides is 1. The summed E-state index contributed by atoms with van der Waals surface area (Å²) in [6.45, 7) is 0.710. The Bertz CT molecular complexity index is 510. The van der Waals surface area contributed by atoms with E-state index in [1.807, 2.05) is 30.3 Å². The summed E-state index contributed by atoms with van der Waals surface area (Å²) in [7, 11) is 0. The maximum atomic E-state index is 11.8. The summed E-state index contributed by atoms with van der Waals surface area (Å²) >= 11 is 1.47. The van der Waals surface area contributed by atoms with Crippen LogP contribution in [0.2, 0.25) is 0 Å². The second-order valence-electron chi connectivity index (χ2n) is 3.85. The van der Waals surface area contributed by atoms with Crippen LogP contribution >= 0.6 is 11.8 Å². The number of thioether (sulfide) groups is 1. The number of aliphatic imine (C=N–C) groups is 1. The highest BCUT2D eigenvalue weighted by atomic mass is 32.2. The first-order valence-electron chi connectivity index (χ1n) is 5.54. The molecule has 17 heavy (non-hydrogen) atoms. The average Bonchev–Trinajstić information content (AvgIpc) is 2.72. The number of amidine groups is 1. The van der Waals surface area contributed by atoms with Crippen LogP contribution in [0.1, 0.15) is 18.4 Å². The van der Waals surface area contributed by atoms with Crippen molar-refractivity contribution in [2.24, 2.45) is 10.1 Å². The Morgan fingerprint density at radius 3 is 2.88 bits per heavy atom. The summed E-state index contributed by atoms with van der Waals surface area (Å²) in [6.07, 6.45) is 1.34. The van der Waals surface area contributed by atoms with Crippen molar-refractivity contribution >= 4 is 27.9 Å². The Hall–Kier alpha value is -1.62. The number of hydrogen-bond donors (Lipinski definition) is 0. The van der Waals surface area contributed by atoms with Gasteiger partial charge >= 0.3 is 0 Å². The molecule has 2 heterocycles. The van der Waals surface area contributed by atoms with Gasteiger partial charge in [-0.25, -0.2) is 0 Å². The Morgan fingerprint density at radius 2 is 2.06 bits per heavy atom. The number of carbonyl (C=O) groups excluding carboxylic acids is 1. The fourth-order valence-corrected chi connectivity index (χ4v) is 2.69. The zero-order chi connectivity index (χ0) is 11.7. The molecule has 1 amide bonds. The monoisotopic (exact) mass is 245 g/mol. The van der Waals surface area contributed by atoms with Gasteiger partial charge < -0.3 is 0 Å². The third kappa shape index (κ3) is 1.98. The van der Waals surface area contributed by atoms with Gasteiger partial charge in [0, 0.05) is 18.5 Å². The van der Waals surface area contributed by atoms with E-state index in [-0.39, 0.29) is 5.91 Å². The summed E-state index contributed by atoms with van der Waals surface area (Å²) in [5.41, 5.74) is 1.03. The minimum Gasteiger partial charge on any atom is -0.272 e. The van der Waals surface area contributed by atoms with Crippen molar-refractivity contribution in [2.45, 2.75) is 12.8 Å². The topological polar surface area (TPSA) is 45.0 Å². The van der Waals surface area contributed by atoms with Crippen LogP contribution in [0.15, 0.2) is 40.4 Å². The highest BCUT2D eigenvalue weighted by Gasteiger charge is 2.30. The van der Waals surface area contributed by atoms with Crippen LogP contribution in [0, 0.1) is 0 Å². The number of rotatable bonds is 1. The van der Waals surface area contributed by atoms with Crippen LogP contribution in [0.5, 0.6) is 0 Å². The molecule has 0 aromatic heterocycles. The molecule has 0 aliphatic carbocycles. The number of fused-ring (bicyclic) bond motifs is 1. The Balaban J connectivity index is 1.94. The molecule has 2 aliphatic heterocycles. The molecule has 1 aromatic rings. The van der Waals surface area contributed by atoms with Crippen molar-refractivity contribution in [3.8, 4) is 0 Å². The van der Waals surface area contributed by atoms with E-state index in [9.17, 15) is 4.79 Å². The Labute approximate surface area is 103 Å². The standard InChI is InChI=1S/C12H11N3OS/c16-10-7-4-8-13-12-15(10)14-11(17-12)9-5-2-1-3-6-9/h1-3,5-6H,4,7-8H2. The number of nitrogens with zero attached hydrogens (tertiary/aromatic N) is 3. The van der Waals surface area contributed by atoms with Crippen LogP contribution < -0.4 is 0 Å². The minimum absolute atomic E-state index is 0.0414. The van der Waals surface area contributed by atoms with E-state index in [1.165, 1.54) is 16.8 Å². The fraction of sp³-hybridized carbons (Fsp3) is 0.250. The Morgan fingerprint density at radius 1 is 1.24 bits per heavy atom. The highest BCUT2D eigenvalue weighted by Crippen LogP contribution is 2.27. The van der Waals surface area contributed by atoms with E-state index in [0.717, 1.165) is 17.0 Å². The molecule has 3 rings (SSSR count).